The molecule has 0 aromatic heterocycles. The first-order valence-electron chi connectivity index (χ1n) is 9.81. The normalized spacial score (nSPS) is 33.4. The molecule has 0 aliphatic heterocycles. The van der Waals surface area contributed by atoms with Crippen LogP contribution in [-0.2, 0) is 22.4 Å². The SMILES string of the molecule is CCc1cc2c(cc1OC(C)=O)CC[C@@H]1[C@@H]2CC[C@]2(C)C(=O)CC[C@@H]12. The van der Waals surface area contributed by atoms with E-state index in [-0.39, 0.29) is 11.4 Å². The van der Waals surface area contributed by atoms with Gasteiger partial charge in [-0.2, -0.15) is 0 Å². The third-order valence-electron chi connectivity index (χ3n) is 7.25. The number of carbonyl (C=O) groups is 2. The Labute approximate surface area is 150 Å². The van der Waals surface area contributed by atoms with Gasteiger partial charge in [-0.15, -0.1) is 0 Å². The van der Waals surface area contributed by atoms with E-state index in [4.69, 9.17) is 4.74 Å². The third-order valence-corrected chi connectivity index (χ3v) is 7.25. The molecule has 134 valence electrons. The molecule has 0 amide bonds. The molecule has 0 saturated heterocycles. The maximum absolute atomic E-state index is 12.4. The Hall–Kier alpha value is -1.64. The largest absolute Gasteiger partial charge is 0.426 e. The highest BCUT2D eigenvalue weighted by atomic mass is 16.5. The second-order valence-corrected chi connectivity index (χ2v) is 8.44. The predicted octanol–water partition coefficient (Wildman–Crippen LogP) is 4.60. The molecule has 3 heteroatoms. The molecule has 0 bridgehead atoms. The lowest BCUT2D eigenvalue weighted by molar-refractivity contribution is -0.132. The zero-order chi connectivity index (χ0) is 17.8. The number of carbonyl (C=O) groups excluding carboxylic acids is 2. The molecule has 2 saturated carbocycles. The van der Waals surface area contributed by atoms with Crippen LogP contribution in [0.1, 0.15) is 75.5 Å². The molecule has 3 nitrogen and oxygen atoms in total. The Balaban J connectivity index is 1.71. The Morgan fingerprint density at radius 2 is 2.04 bits per heavy atom. The molecule has 0 N–H and O–H groups in total. The number of ether oxygens (including phenoxy) is 1. The van der Waals surface area contributed by atoms with Crippen LogP contribution in [-0.4, -0.2) is 11.8 Å². The summed E-state index contributed by atoms with van der Waals surface area (Å²) in [5.74, 6) is 2.77. The minimum Gasteiger partial charge on any atom is -0.426 e. The average molecular weight is 340 g/mol. The van der Waals surface area contributed by atoms with Crippen LogP contribution in [0.4, 0.5) is 0 Å². The molecule has 2 fully saturated rings. The van der Waals surface area contributed by atoms with Gasteiger partial charge in [-0.3, -0.25) is 9.59 Å². The van der Waals surface area contributed by atoms with Gasteiger partial charge in [-0.25, -0.2) is 0 Å². The summed E-state index contributed by atoms with van der Waals surface area (Å²) in [4.78, 5) is 23.9. The van der Waals surface area contributed by atoms with Crippen molar-refractivity contribution in [1.82, 2.24) is 0 Å². The Morgan fingerprint density at radius 1 is 1.24 bits per heavy atom. The standard InChI is InChI=1S/C22H28O3/c1-4-14-11-18-15(12-20(14)25-13(2)23)5-6-17-16(18)9-10-22(3)19(17)7-8-21(22)24/h11-12,16-17,19H,4-10H2,1-3H3/t16-,17+,19-,22-/m0/s1. The maximum Gasteiger partial charge on any atom is 0.308 e. The molecule has 3 aliphatic carbocycles. The van der Waals surface area contributed by atoms with E-state index in [0.717, 1.165) is 56.3 Å². The lowest BCUT2D eigenvalue weighted by Crippen LogP contribution is -2.42. The van der Waals surface area contributed by atoms with Gasteiger partial charge >= 0.3 is 5.97 Å². The van der Waals surface area contributed by atoms with Gasteiger partial charge in [0, 0.05) is 18.8 Å². The molecule has 3 aliphatic rings. The van der Waals surface area contributed by atoms with E-state index in [2.05, 4.69) is 26.0 Å². The van der Waals surface area contributed by atoms with Crippen LogP contribution in [0.5, 0.6) is 5.75 Å². The molecule has 0 radical (unpaired) electrons. The quantitative estimate of drug-likeness (QED) is 0.584. The van der Waals surface area contributed by atoms with Crippen LogP contribution >= 0.6 is 0 Å². The fraction of sp³-hybridized carbons (Fsp3) is 0.636. The summed E-state index contributed by atoms with van der Waals surface area (Å²) in [6.07, 6.45) is 7.08. The molecule has 1 aromatic carbocycles. The first-order chi connectivity index (χ1) is 11.9. The molecular weight excluding hydrogens is 312 g/mol. The maximum atomic E-state index is 12.4. The van der Waals surface area contributed by atoms with Crippen molar-refractivity contribution in [2.45, 2.75) is 71.6 Å². The van der Waals surface area contributed by atoms with Crippen molar-refractivity contribution in [2.24, 2.45) is 17.3 Å². The molecule has 4 atom stereocenters. The van der Waals surface area contributed by atoms with E-state index in [1.54, 1.807) is 0 Å². The van der Waals surface area contributed by atoms with Crippen LogP contribution in [0.3, 0.4) is 0 Å². The second kappa shape index (κ2) is 5.96. The van der Waals surface area contributed by atoms with E-state index >= 15 is 0 Å². The summed E-state index contributed by atoms with van der Waals surface area (Å²) in [6, 6.07) is 4.41. The van der Waals surface area contributed by atoms with E-state index in [1.807, 2.05) is 0 Å². The lowest BCUT2D eigenvalue weighted by atomic mass is 9.55. The van der Waals surface area contributed by atoms with Crippen molar-refractivity contribution in [3.05, 3.63) is 28.8 Å². The average Bonchev–Trinajstić information content (AvgIpc) is 2.89. The van der Waals surface area contributed by atoms with Crippen molar-refractivity contribution < 1.29 is 14.3 Å². The van der Waals surface area contributed by atoms with Crippen molar-refractivity contribution in [1.29, 1.82) is 0 Å². The summed E-state index contributed by atoms with van der Waals surface area (Å²) in [5.41, 5.74) is 3.88. The van der Waals surface area contributed by atoms with Crippen molar-refractivity contribution in [3.63, 3.8) is 0 Å². The highest BCUT2D eigenvalue weighted by Crippen LogP contribution is 2.59. The van der Waals surface area contributed by atoms with E-state index < -0.39 is 0 Å². The van der Waals surface area contributed by atoms with Crippen LogP contribution in [0.25, 0.3) is 0 Å². The molecule has 0 spiro atoms. The molecule has 0 heterocycles. The highest BCUT2D eigenvalue weighted by Gasteiger charge is 2.54. The molecule has 25 heavy (non-hydrogen) atoms. The van der Waals surface area contributed by atoms with E-state index in [9.17, 15) is 9.59 Å². The first-order valence-corrected chi connectivity index (χ1v) is 9.81. The predicted molar refractivity (Wildman–Crippen MR) is 96.8 cm³/mol. The van der Waals surface area contributed by atoms with Gasteiger partial charge < -0.3 is 4.74 Å². The van der Waals surface area contributed by atoms with Gasteiger partial charge in [0.1, 0.15) is 11.5 Å². The van der Waals surface area contributed by atoms with Gasteiger partial charge in [-0.1, -0.05) is 19.9 Å². The number of Topliss-reactive ketones (excluding diaryl/α,β-unsaturated/α-hetero) is 1. The zero-order valence-corrected chi connectivity index (χ0v) is 15.6. The van der Waals surface area contributed by atoms with Crippen LogP contribution in [0, 0.1) is 17.3 Å². The van der Waals surface area contributed by atoms with Gasteiger partial charge in [0.15, 0.2) is 0 Å². The fourth-order valence-corrected chi connectivity index (χ4v) is 5.94. The van der Waals surface area contributed by atoms with E-state index in [0.29, 0.717) is 23.5 Å². The monoisotopic (exact) mass is 340 g/mol. The zero-order valence-electron chi connectivity index (χ0n) is 15.6. The summed E-state index contributed by atoms with van der Waals surface area (Å²) in [7, 11) is 0. The topological polar surface area (TPSA) is 43.4 Å². The lowest BCUT2D eigenvalue weighted by Gasteiger charge is -2.48. The number of aryl methyl sites for hydroxylation is 2. The van der Waals surface area contributed by atoms with E-state index in [1.165, 1.54) is 18.1 Å². The number of esters is 1. The number of hydrogen-bond donors (Lipinski definition) is 0. The van der Waals surface area contributed by atoms with Crippen LogP contribution in [0.15, 0.2) is 12.1 Å². The third kappa shape index (κ3) is 2.54. The van der Waals surface area contributed by atoms with Gasteiger partial charge in [0.05, 0.1) is 0 Å². The Kier molecular flexibility index (Phi) is 4.01. The minimum atomic E-state index is -0.249. The summed E-state index contributed by atoms with van der Waals surface area (Å²) < 4.78 is 5.45. The summed E-state index contributed by atoms with van der Waals surface area (Å²) in [6.45, 7) is 5.80. The molecule has 4 rings (SSSR count). The van der Waals surface area contributed by atoms with Crippen LogP contribution < -0.4 is 4.74 Å². The number of ketones is 1. The Bertz CT molecular complexity index is 735. The summed E-state index contributed by atoms with van der Waals surface area (Å²) in [5, 5.41) is 0. The van der Waals surface area contributed by atoms with Gasteiger partial charge in [-0.05, 0) is 79.0 Å². The first kappa shape index (κ1) is 16.8. The van der Waals surface area contributed by atoms with Crippen LogP contribution in [0.2, 0.25) is 0 Å². The van der Waals surface area contributed by atoms with Crippen molar-refractivity contribution >= 4 is 11.8 Å². The number of hydrogen-bond acceptors (Lipinski definition) is 3. The number of rotatable bonds is 2. The number of benzene rings is 1. The molecular formula is C22H28O3. The van der Waals surface area contributed by atoms with Gasteiger partial charge in [0.25, 0.3) is 0 Å². The van der Waals surface area contributed by atoms with Gasteiger partial charge in [0.2, 0.25) is 0 Å². The Morgan fingerprint density at radius 3 is 2.76 bits per heavy atom. The fourth-order valence-electron chi connectivity index (χ4n) is 5.94. The van der Waals surface area contributed by atoms with Crippen molar-refractivity contribution in [3.8, 4) is 5.75 Å². The second-order valence-electron chi connectivity index (χ2n) is 8.44. The molecule has 1 aromatic rings. The molecule has 0 unspecified atom stereocenters. The highest BCUT2D eigenvalue weighted by molar-refractivity contribution is 5.87. The van der Waals surface area contributed by atoms with Crippen molar-refractivity contribution in [2.75, 3.05) is 0 Å². The number of fused-ring (bicyclic) bond motifs is 5. The summed E-state index contributed by atoms with van der Waals surface area (Å²) >= 11 is 0. The smallest absolute Gasteiger partial charge is 0.308 e. The minimum absolute atomic E-state index is 0.0655.